The van der Waals surface area contributed by atoms with Gasteiger partial charge >= 0.3 is 0 Å². The molecular weight excluding hydrogens is 310 g/mol. The second-order valence-electron chi connectivity index (χ2n) is 6.55. The van der Waals surface area contributed by atoms with E-state index in [1.807, 2.05) is 6.92 Å². The molecule has 24 heavy (non-hydrogen) atoms. The molecule has 1 aromatic heterocycles. The summed E-state index contributed by atoms with van der Waals surface area (Å²) < 4.78 is 5.77. The molecule has 0 bridgehead atoms. The Morgan fingerprint density at radius 1 is 1.46 bits per heavy atom. The Balaban J connectivity index is 1.61. The number of aromatic nitrogens is 1. The van der Waals surface area contributed by atoms with Crippen LogP contribution < -0.4 is 10.9 Å². The highest BCUT2D eigenvalue weighted by Gasteiger charge is 2.37. The van der Waals surface area contributed by atoms with Crippen LogP contribution in [0.3, 0.4) is 0 Å². The molecule has 1 aromatic rings. The van der Waals surface area contributed by atoms with Crippen LogP contribution in [0, 0.1) is 0 Å². The van der Waals surface area contributed by atoms with Crippen molar-refractivity contribution in [2.24, 2.45) is 0 Å². The highest BCUT2D eigenvalue weighted by molar-refractivity contribution is 5.95. The predicted octanol–water partition coefficient (Wildman–Crippen LogP) is -0.109. The Hall–Kier alpha value is -1.70. The van der Waals surface area contributed by atoms with E-state index in [0.717, 1.165) is 19.5 Å². The quantitative estimate of drug-likeness (QED) is 0.698. The van der Waals surface area contributed by atoms with E-state index >= 15 is 0 Å². The maximum Gasteiger partial charge on any atom is 0.253 e. The number of carbonyl (C=O) groups is 1. The summed E-state index contributed by atoms with van der Waals surface area (Å²) in [5, 5.41) is 12.1. The van der Waals surface area contributed by atoms with Crippen molar-refractivity contribution in [3.63, 3.8) is 0 Å². The third-order valence-electron chi connectivity index (χ3n) is 4.88. The van der Waals surface area contributed by atoms with Gasteiger partial charge in [-0.15, -0.1) is 0 Å². The molecule has 7 nitrogen and oxygen atoms in total. The molecule has 2 aliphatic heterocycles. The van der Waals surface area contributed by atoms with Crippen molar-refractivity contribution in [2.45, 2.75) is 44.4 Å². The molecule has 2 aliphatic rings. The fourth-order valence-electron chi connectivity index (χ4n) is 3.64. The number of aryl methyl sites for hydroxylation is 1. The van der Waals surface area contributed by atoms with E-state index in [9.17, 15) is 9.59 Å². The zero-order chi connectivity index (χ0) is 17.1. The molecule has 132 valence electrons. The number of amides is 1. The number of nitrogens with zero attached hydrogens (tertiary/aromatic N) is 1. The van der Waals surface area contributed by atoms with Gasteiger partial charge in [0.25, 0.3) is 5.91 Å². The molecule has 2 saturated heterocycles. The number of morpholine rings is 1. The second-order valence-corrected chi connectivity index (χ2v) is 6.55. The van der Waals surface area contributed by atoms with Gasteiger partial charge in [0, 0.05) is 43.5 Å². The zero-order valence-corrected chi connectivity index (χ0v) is 14.0. The summed E-state index contributed by atoms with van der Waals surface area (Å²) in [6, 6.07) is 3.39. The normalized spacial score (nSPS) is 27.0. The maximum absolute atomic E-state index is 12.5. The van der Waals surface area contributed by atoms with Gasteiger partial charge in [-0.25, -0.2) is 0 Å². The lowest BCUT2D eigenvalue weighted by atomic mass is 10.1. The molecule has 0 saturated carbocycles. The van der Waals surface area contributed by atoms with E-state index in [4.69, 9.17) is 9.84 Å². The smallest absolute Gasteiger partial charge is 0.253 e. The summed E-state index contributed by atoms with van der Waals surface area (Å²) >= 11 is 0. The van der Waals surface area contributed by atoms with Gasteiger partial charge in [0.1, 0.15) is 0 Å². The molecule has 2 fully saturated rings. The number of ether oxygens (including phenoxy) is 1. The monoisotopic (exact) mass is 335 g/mol. The Bertz CT molecular complexity index is 645. The van der Waals surface area contributed by atoms with Crippen molar-refractivity contribution >= 4 is 5.91 Å². The third-order valence-corrected chi connectivity index (χ3v) is 4.88. The van der Waals surface area contributed by atoms with Gasteiger partial charge in [-0.3, -0.25) is 14.5 Å². The van der Waals surface area contributed by atoms with E-state index in [-0.39, 0.29) is 30.2 Å². The van der Waals surface area contributed by atoms with Gasteiger partial charge in [-0.1, -0.05) is 6.92 Å². The molecule has 3 rings (SSSR count). The lowest BCUT2D eigenvalue weighted by Gasteiger charge is -2.34. The molecule has 3 atom stereocenters. The molecule has 0 aromatic carbocycles. The van der Waals surface area contributed by atoms with Crippen LogP contribution in [0.5, 0.6) is 0 Å². The first-order valence-corrected chi connectivity index (χ1v) is 8.60. The first kappa shape index (κ1) is 17.1. The van der Waals surface area contributed by atoms with E-state index in [1.54, 1.807) is 6.07 Å². The fourth-order valence-corrected chi connectivity index (χ4v) is 3.64. The molecule has 0 unspecified atom stereocenters. The summed E-state index contributed by atoms with van der Waals surface area (Å²) in [6.07, 6.45) is 2.20. The standard InChI is InChI=1S/C17H25N3O4/c1-2-15-14(3-4-16(22)19-15)17(23)18-11-7-12-10-24-13(5-6-21)9-20(12)8-11/h3-4,11-13,21H,2,5-10H2,1H3,(H,18,23)(H,19,22)/t11-,12+,13+/m1/s1. The summed E-state index contributed by atoms with van der Waals surface area (Å²) in [5.74, 6) is -0.138. The summed E-state index contributed by atoms with van der Waals surface area (Å²) in [7, 11) is 0. The molecule has 7 heteroatoms. The van der Waals surface area contributed by atoms with E-state index in [0.29, 0.717) is 36.7 Å². The largest absolute Gasteiger partial charge is 0.396 e. The van der Waals surface area contributed by atoms with Crippen LogP contribution in [0.15, 0.2) is 16.9 Å². The molecule has 0 spiro atoms. The van der Waals surface area contributed by atoms with Crippen molar-refractivity contribution in [3.8, 4) is 0 Å². The summed E-state index contributed by atoms with van der Waals surface area (Å²) in [4.78, 5) is 29.0. The number of pyridine rings is 1. The molecule has 0 radical (unpaired) electrons. The Morgan fingerprint density at radius 3 is 3.04 bits per heavy atom. The second kappa shape index (κ2) is 7.46. The van der Waals surface area contributed by atoms with Crippen LogP contribution in [0.1, 0.15) is 35.8 Å². The number of fused-ring (bicyclic) bond motifs is 1. The van der Waals surface area contributed by atoms with Crippen molar-refractivity contribution < 1.29 is 14.6 Å². The number of hydrogen-bond donors (Lipinski definition) is 3. The number of nitrogens with one attached hydrogen (secondary N) is 2. The van der Waals surface area contributed by atoms with Gasteiger partial charge in [0.15, 0.2) is 0 Å². The van der Waals surface area contributed by atoms with E-state index in [2.05, 4.69) is 15.2 Å². The van der Waals surface area contributed by atoms with Gasteiger partial charge in [0.2, 0.25) is 5.56 Å². The minimum atomic E-state index is -0.187. The van der Waals surface area contributed by atoms with Crippen LogP contribution in [0.2, 0.25) is 0 Å². The van der Waals surface area contributed by atoms with Gasteiger partial charge < -0.3 is 20.1 Å². The lowest BCUT2D eigenvalue weighted by molar-refractivity contribution is -0.0566. The van der Waals surface area contributed by atoms with Crippen LogP contribution in [-0.4, -0.2) is 65.4 Å². The van der Waals surface area contributed by atoms with Gasteiger partial charge in [-0.2, -0.15) is 0 Å². The van der Waals surface area contributed by atoms with Crippen LogP contribution in [0.25, 0.3) is 0 Å². The van der Waals surface area contributed by atoms with Crippen LogP contribution in [-0.2, 0) is 11.2 Å². The molecule has 3 heterocycles. The van der Waals surface area contributed by atoms with E-state index in [1.165, 1.54) is 6.07 Å². The number of carbonyl (C=O) groups excluding carboxylic acids is 1. The average molecular weight is 335 g/mol. The summed E-state index contributed by atoms with van der Waals surface area (Å²) in [6.45, 7) is 4.30. The molecular formula is C17H25N3O4. The topological polar surface area (TPSA) is 94.7 Å². The fraction of sp³-hybridized carbons (Fsp3) is 0.647. The van der Waals surface area contributed by atoms with Crippen molar-refractivity contribution in [2.75, 3.05) is 26.3 Å². The van der Waals surface area contributed by atoms with Gasteiger partial charge in [0.05, 0.1) is 18.3 Å². The number of rotatable bonds is 5. The SMILES string of the molecule is CCc1[nH]c(=O)ccc1C(=O)N[C@@H]1C[C@H]2CO[C@@H](CCO)CN2C1. The molecule has 3 N–H and O–H groups in total. The minimum absolute atomic E-state index is 0.0756. The number of aliphatic hydroxyl groups excluding tert-OH is 1. The Kier molecular flexibility index (Phi) is 5.33. The maximum atomic E-state index is 12.5. The number of hydrogen-bond acceptors (Lipinski definition) is 5. The van der Waals surface area contributed by atoms with Crippen molar-refractivity contribution in [1.82, 2.24) is 15.2 Å². The molecule has 0 aliphatic carbocycles. The number of aromatic amines is 1. The molecule has 1 amide bonds. The van der Waals surface area contributed by atoms with E-state index < -0.39 is 0 Å². The lowest BCUT2D eigenvalue weighted by Crippen LogP contribution is -2.46. The third kappa shape index (κ3) is 3.68. The van der Waals surface area contributed by atoms with Crippen molar-refractivity contribution in [3.05, 3.63) is 33.7 Å². The Morgan fingerprint density at radius 2 is 2.29 bits per heavy atom. The first-order chi connectivity index (χ1) is 11.6. The van der Waals surface area contributed by atoms with Crippen LogP contribution >= 0.6 is 0 Å². The average Bonchev–Trinajstić information content (AvgIpc) is 2.96. The predicted molar refractivity (Wildman–Crippen MR) is 89.1 cm³/mol. The highest BCUT2D eigenvalue weighted by Crippen LogP contribution is 2.24. The van der Waals surface area contributed by atoms with Gasteiger partial charge in [-0.05, 0) is 25.3 Å². The minimum Gasteiger partial charge on any atom is -0.396 e. The number of aliphatic hydroxyl groups is 1. The first-order valence-electron chi connectivity index (χ1n) is 8.60. The highest BCUT2D eigenvalue weighted by atomic mass is 16.5. The Labute approximate surface area is 141 Å². The zero-order valence-electron chi connectivity index (χ0n) is 14.0. The number of H-pyrrole nitrogens is 1. The summed E-state index contributed by atoms with van der Waals surface area (Å²) in [5.41, 5.74) is 1.02. The van der Waals surface area contributed by atoms with Crippen molar-refractivity contribution in [1.29, 1.82) is 0 Å². The van der Waals surface area contributed by atoms with Crippen LogP contribution in [0.4, 0.5) is 0 Å².